The first kappa shape index (κ1) is 15.8. The molecule has 1 heterocycles. The molecule has 116 valence electrons. The molecular weight excluding hydrogens is 312 g/mol. The maximum atomic E-state index is 11.8. The van der Waals surface area contributed by atoms with Crippen LogP contribution in [-0.4, -0.2) is 6.29 Å². The van der Waals surface area contributed by atoms with Crippen LogP contribution in [-0.2, 0) is 0 Å². The summed E-state index contributed by atoms with van der Waals surface area (Å²) < 4.78 is 0. The van der Waals surface area contributed by atoms with Crippen molar-refractivity contribution in [2.45, 2.75) is 51.4 Å². The van der Waals surface area contributed by atoms with Crippen molar-refractivity contribution in [1.29, 1.82) is 0 Å². The van der Waals surface area contributed by atoms with Gasteiger partial charge >= 0.3 is 0 Å². The molecule has 2 aromatic rings. The van der Waals surface area contributed by atoms with Gasteiger partial charge in [-0.3, -0.25) is 4.79 Å². The van der Waals surface area contributed by atoms with Crippen molar-refractivity contribution in [3.05, 3.63) is 45.3 Å². The van der Waals surface area contributed by atoms with Crippen LogP contribution in [0.4, 0.5) is 0 Å². The summed E-state index contributed by atoms with van der Waals surface area (Å²) in [6, 6.07) is 8.02. The van der Waals surface area contributed by atoms with Crippen LogP contribution in [0.1, 0.15) is 72.2 Å². The fourth-order valence-corrected chi connectivity index (χ4v) is 4.95. The third-order valence-corrected chi connectivity index (χ3v) is 6.35. The number of rotatable bonds is 4. The molecule has 0 saturated heterocycles. The largest absolute Gasteiger partial charge is 0.298 e. The molecule has 1 aliphatic rings. The lowest BCUT2D eigenvalue weighted by molar-refractivity contribution is 0.112. The second-order valence-corrected chi connectivity index (χ2v) is 7.87. The van der Waals surface area contributed by atoms with Crippen LogP contribution in [0.15, 0.2) is 24.3 Å². The first-order chi connectivity index (χ1) is 10.6. The van der Waals surface area contributed by atoms with Crippen LogP contribution in [0.25, 0.3) is 10.4 Å². The van der Waals surface area contributed by atoms with E-state index in [4.69, 9.17) is 11.6 Å². The maximum Gasteiger partial charge on any atom is 0.151 e. The third kappa shape index (κ3) is 2.87. The molecule has 0 aliphatic heterocycles. The number of aldehydes is 1. The second kappa shape index (κ2) is 6.55. The average Bonchev–Trinajstić information content (AvgIpc) is 3.14. The van der Waals surface area contributed by atoms with Crippen molar-refractivity contribution in [2.75, 3.05) is 0 Å². The molecule has 1 aromatic heterocycles. The van der Waals surface area contributed by atoms with Gasteiger partial charge in [0.2, 0.25) is 0 Å². The minimum atomic E-state index is 0.381. The van der Waals surface area contributed by atoms with Gasteiger partial charge in [0.1, 0.15) is 0 Å². The Morgan fingerprint density at radius 2 is 1.82 bits per heavy atom. The van der Waals surface area contributed by atoms with Crippen molar-refractivity contribution in [1.82, 2.24) is 0 Å². The summed E-state index contributed by atoms with van der Waals surface area (Å²) in [6.45, 7) is 4.34. The summed E-state index contributed by atoms with van der Waals surface area (Å²) in [7, 11) is 0. The molecule has 0 bridgehead atoms. The van der Waals surface area contributed by atoms with E-state index in [1.807, 2.05) is 12.1 Å². The normalized spacial score (nSPS) is 15.6. The van der Waals surface area contributed by atoms with Crippen molar-refractivity contribution in [3.8, 4) is 10.4 Å². The minimum absolute atomic E-state index is 0.381. The summed E-state index contributed by atoms with van der Waals surface area (Å²) in [6.07, 6.45) is 6.04. The molecule has 1 aromatic carbocycles. The van der Waals surface area contributed by atoms with Crippen molar-refractivity contribution >= 4 is 29.2 Å². The standard InChI is InChI=1S/C19H21ClOS/c1-12(2)18-16(11-21)17(13-5-3-4-6-13)19(22-18)14-7-9-15(20)10-8-14/h7-13H,3-6H2,1-2H3. The third-order valence-electron chi connectivity index (χ3n) is 4.52. The number of thiophene rings is 1. The van der Waals surface area contributed by atoms with Crippen molar-refractivity contribution in [2.24, 2.45) is 0 Å². The number of hydrogen-bond acceptors (Lipinski definition) is 2. The van der Waals surface area contributed by atoms with Gasteiger partial charge in [0.05, 0.1) is 0 Å². The van der Waals surface area contributed by atoms with Gasteiger partial charge in [-0.2, -0.15) is 0 Å². The molecule has 1 fully saturated rings. The lowest BCUT2D eigenvalue weighted by Crippen LogP contribution is -1.99. The predicted octanol–water partition coefficient (Wildman–Crippen LogP) is 6.66. The van der Waals surface area contributed by atoms with E-state index < -0.39 is 0 Å². The quantitative estimate of drug-likeness (QED) is 0.572. The fourth-order valence-electron chi connectivity index (χ4n) is 3.46. The molecule has 0 radical (unpaired) electrons. The first-order valence-corrected chi connectivity index (χ1v) is 9.19. The van der Waals surface area contributed by atoms with Crippen molar-refractivity contribution in [3.63, 3.8) is 0 Å². The van der Waals surface area contributed by atoms with Crippen LogP contribution in [0.2, 0.25) is 5.02 Å². The maximum absolute atomic E-state index is 11.8. The van der Waals surface area contributed by atoms with Crippen LogP contribution in [0.3, 0.4) is 0 Å². The number of carbonyl (C=O) groups is 1. The molecule has 0 spiro atoms. The fraction of sp³-hybridized carbons (Fsp3) is 0.421. The molecule has 1 nitrogen and oxygen atoms in total. The van der Waals surface area contributed by atoms with E-state index in [9.17, 15) is 4.79 Å². The Morgan fingerprint density at radius 3 is 2.36 bits per heavy atom. The van der Waals surface area contributed by atoms with Crippen LogP contribution in [0.5, 0.6) is 0 Å². The molecule has 0 atom stereocenters. The Labute approximate surface area is 141 Å². The smallest absolute Gasteiger partial charge is 0.151 e. The van der Waals surface area contributed by atoms with Crippen molar-refractivity contribution < 1.29 is 4.79 Å². The van der Waals surface area contributed by atoms with E-state index >= 15 is 0 Å². The van der Waals surface area contributed by atoms with Gasteiger partial charge in [0, 0.05) is 20.3 Å². The number of halogens is 1. The number of carbonyl (C=O) groups excluding carboxylic acids is 1. The summed E-state index contributed by atoms with van der Waals surface area (Å²) in [4.78, 5) is 14.3. The van der Waals surface area contributed by atoms with E-state index in [0.29, 0.717) is 11.8 Å². The first-order valence-electron chi connectivity index (χ1n) is 7.99. The van der Waals surface area contributed by atoms with Gasteiger partial charge in [-0.1, -0.05) is 50.4 Å². The Hall–Kier alpha value is -1.12. The monoisotopic (exact) mass is 332 g/mol. The van der Waals surface area contributed by atoms with E-state index in [2.05, 4.69) is 26.0 Å². The van der Waals surface area contributed by atoms with E-state index in [-0.39, 0.29) is 0 Å². The molecular formula is C19H21ClOS. The zero-order valence-corrected chi connectivity index (χ0v) is 14.6. The highest BCUT2D eigenvalue weighted by Crippen LogP contribution is 2.47. The topological polar surface area (TPSA) is 17.1 Å². The summed E-state index contributed by atoms with van der Waals surface area (Å²) in [5, 5.41) is 0.752. The van der Waals surface area contributed by atoms with Gasteiger partial charge < -0.3 is 0 Å². The van der Waals surface area contributed by atoms with Crippen LogP contribution < -0.4 is 0 Å². The van der Waals surface area contributed by atoms with Crippen LogP contribution in [0, 0.1) is 0 Å². The summed E-state index contributed by atoms with van der Waals surface area (Å²) in [5.74, 6) is 0.918. The summed E-state index contributed by atoms with van der Waals surface area (Å²) in [5.41, 5.74) is 3.44. The number of hydrogen-bond donors (Lipinski definition) is 0. The minimum Gasteiger partial charge on any atom is -0.298 e. The molecule has 3 rings (SSSR count). The zero-order valence-electron chi connectivity index (χ0n) is 13.1. The molecule has 22 heavy (non-hydrogen) atoms. The Bertz CT molecular complexity index is 663. The highest BCUT2D eigenvalue weighted by molar-refractivity contribution is 7.16. The lowest BCUT2D eigenvalue weighted by atomic mass is 9.90. The molecule has 3 heteroatoms. The van der Waals surface area contributed by atoms with Gasteiger partial charge in [-0.25, -0.2) is 0 Å². The lowest BCUT2D eigenvalue weighted by Gasteiger charge is -2.13. The molecule has 1 aliphatic carbocycles. The highest BCUT2D eigenvalue weighted by Gasteiger charge is 2.28. The molecule has 0 unspecified atom stereocenters. The SMILES string of the molecule is CC(C)c1sc(-c2ccc(Cl)cc2)c(C2CCCC2)c1C=O. The summed E-state index contributed by atoms with van der Waals surface area (Å²) >= 11 is 7.82. The Morgan fingerprint density at radius 1 is 1.18 bits per heavy atom. The molecule has 0 N–H and O–H groups in total. The average molecular weight is 333 g/mol. The highest BCUT2D eigenvalue weighted by atomic mass is 35.5. The van der Waals surface area contributed by atoms with E-state index in [1.54, 1.807) is 11.3 Å². The Balaban J connectivity index is 2.18. The second-order valence-electron chi connectivity index (χ2n) is 6.38. The molecule has 1 saturated carbocycles. The van der Waals surface area contributed by atoms with Crippen LogP contribution >= 0.6 is 22.9 Å². The number of benzene rings is 1. The van der Waals surface area contributed by atoms with E-state index in [0.717, 1.165) is 16.9 Å². The van der Waals surface area contributed by atoms with Gasteiger partial charge in [0.15, 0.2) is 6.29 Å². The molecule has 0 amide bonds. The van der Waals surface area contributed by atoms with Gasteiger partial charge in [-0.05, 0) is 47.9 Å². The predicted molar refractivity (Wildman–Crippen MR) is 95.5 cm³/mol. The zero-order chi connectivity index (χ0) is 15.7. The van der Waals surface area contributed by atoms with Gasteiger partial charge in [0.25, 0.3) is 0 Å². The van der Waals surface area contributed by atoms with Gasteiger partial charge in [-0.15, -0.1) is 11.3 Å². The van der Waals surface area contributed by atoms with E-state index in [1.165, 1.54) is 46.6 Å². The Kier molecular flexibility index (Phi) is 4.70.